The summed E-state index contributed by atoms with van der Waals surface area (Å²) in [5.41, 5.74) is 1.21. The zero-order valence-electron chi connectivity index (χ0n) is 9.00. The van der Waals surface area contributed by atoms with E-state index in [-0.39, 0.29) is 17.8 Å². The minimum Gasteiger partial charge on any atom is -0.292 e. The summed E-state index contributed by atoms with van der Waals surface area (Å²) in [6.07, 6.45) is 0.883. The van der Waals surface area contributed by atoms with Crippen molar-refractivity contribution in [1.82, 2.24) is 20.6 Å². The van der Waals surface area contributed by atoms with Crippen molar-refractivity contribution in [2.24, 2.45) is 5.92 Å². The van der Waals surface area contributed by atoms with Crippen LogP contribution in [0.4, 0.5) is 5.95 Å². The highest BCUT2D eigenvalue weighted by Crippen LogP contribution is 2.47. The van der Waals surface area contributed by atoms with Crippen LogP contribution in [0, 0.1) is 5.92 Å². The fourth-order valence-corrected chi connectivity index (χ4v) is 1.97. The third-order valence-electron chi connectivity index (χ3n) is 2.94. The molecule has 2 N–H and O–H groups in total. The Morgan fingerprint density at radius 3 is 2.88 bits per heavy atom. The minimum absolute atomic E-state index is 0.0240. The van der Waals surface area contributed by atoms with E-state index in [2.05, 4.69) is 25.9 Å². The number of carbonyl (C=O) groups excluding carboxylic acids is 1. The fraction of sp³-hybridized carbons (Fsp3) is 0.273. The van der Waals surface area contributed by atoms with Gasteiger partial charge in [0.2, 0.25) is 5.91 Å². The molecule has 17 heavy (non-hydrogen) atoms. The van der Waals surface area contributed by atoms with E-state index in [0.29, 0.717) is 5.92 Å². The Bertz CT molecular complexity index is 510. The summed E-state index contributed by atoms with van der Waals surface area (Å²) < 4.78 is 0. The monoisotopic (exact) mass is 229 g/mol. The predicted octanol–water partition coefficient (Wildman–Crippen LogP) is 0.942. The third kappa shape index (κ3) is 2.01. The molecule has 1 saturated carbocycles. The lowest BCUT2D eigenvalue weighted by Crippen LogP contribution is -2.15. The van der Waals surface area contributed by atoms with Gasteiger partial charge in [0.05, 0.1) is 0 Å². The maximum atomic E-state index is 11.8. The fourth-order valence-electron chi connectivity index (χ4n) is 1.97. The van der Waals surface area contributed by atoms with Gasteiger partial charge >= 0.3 is 0 Å². The molecule has 2 atom stereocenters. The van der Waals surface area contributed by atoms with Crippen molar-refractivity contribution in [3.05, 3.63) is 35.9 Å². The molecule has 1 aromatic heterocycles. The number of anilines is 1. The maximum absolute atomic E-state index is 11.8. The Kier molecular flexibility index (Phi) is 2.32. The zero-order valence-corrected chi connectivity index (χ0v) is 9.00. The van der Waals surface area contributed by atoms with Crippen molar-refractivity contribution in [3.8, 4) is 0 Å². The van der Waals surface area contributed by atoms with Gasteiger partial charge in [-0.3, -0.25) is 10.1 Å². The molecular formula is C11H11N5O. The Morgan fingerprint density at radius 2 is 2.18 bits per heavy atom. The summed E-state index contributed by atoms with van der Waals surface area (Å²) >= 11 is 0. The highest BCUT2D eigenvalue weighted by molar-refractivity contribution is 5.93. The van der Waals surface area contributed by atoms with E-state index in [1.54, 1.807) is 0 Å². The summed E-state index contributed by atoms with van der Waals surface area (Å²) in [5, 5.41) is 15.7. The molecule has 1 amide bonds. The molecule has 0 spiro atoms. The van der Waals surface area contributed by atoms with Crippen LogP contribution in [0.1, 0.15) is 17.9 Å². The molecular weight excluding hydrogens is 218 g/mol. The molecule has 86 valence electrons. The molecule has 0 aliphatic heterocycles. The third-order valence-corrected chi connectivity index (χ3v) is 2.94. The van der Waals surface area contributed by atoms with Crippen molar-refractivity contribution in [2.75, 3.05) is 5.32 Å². The van der Waals surface area contributed by atoms with Gasteiger partial charge in [-0.2, -0.15) is 5.21 Å². The molecule has 1 aliphatic rings. The average Bonchev–Trinajstić information content (AvgIpc) is 3.02. The molecule has 2 aromatic rings. The van der Waals surface area contributed by atoms with Crippen molar-refractivity contribution in [2.45, 2.75) is 12.3 Å². The van der Waals surface area contributed by atoms with Gasteiger partial charge in [0, 0.05) is 5.92 Å². The number of hydrogen-bond donors (Lipinski definition) is 2. The number of nitrogens with one attached hydrogen (secondary N) is 2. The number of amides is 1. The summed E-state index contributed by atoms with van der Waals surface area (Å²) in [6.45, 7) is 0. The SMILES string of the molecule is O=C(Nc1nn[nH]n1)[C@H]1C[C@@H]1c1ccccc1. The molecule has 6 nitrogen and oxygen atoms in total. The molecule has 6 heteroatoms. The van der Waals surface area contributed by atoms with Crippen molar-refractivity contribution < 1.29 is 4.79 Å². The van der Waals surface area contributed by atoms with Crippen molar-refractivity contribution >= 4 is 11.9 Å². The second-order valence-corrected chi connectivity index (χ2v) is 4.08. The van der Waals surface area contributed by atoms with Crippen LogP contribution >= 0.6 is 0 Å². The quantitative estimate of drug-likeness (QED) is 0.820. The predicted molar refractivity (Wildman–Crippen MR) is 60.1 cm³/mol. The zero-order chi connectivity index (χ0) is 11.7. The van der Waals surface area contributed by atoms with Gasteiger partial charge in [-0.25, -0.2) is 0 Å². The van der Waals surface area contributed by atoms with Crippen LogP contribution < -0.4 is 5.32 Å². The number of benzene rings is 1. The molecule has 1 aliphatic carbocycles. The second-order valence-electron chi connectivity index (χ2n) is 4.08. The van der Waals surface area contributed by atoms with Gasteiger partial charge in [0.15, 0.2) is 0 Å². The number of nitrogens with zero attached hydrogens (tertiary/aromatic N) is 3. The van der Waals surface area contributed by atoms with Crippen LogP contribution in [0.15, 0.2) is 30.3 Å². The number of aromatic amines is 1. The van der Waals surface area contributed by atoms with E-state index >= 15 is 0 Å². The summed E-state index contributed by atoms with van der Waals surface area (Å²) in [6, 6.07) is 10.0. The highest BCUT2D eigenvalue weighted by Gasteiger charge is 2.44. The smallest absolute Gasteiger partial charge is 0.269 e. The van der Waals surface area contributed by atoms with E-state index in [1.807, 2.05) is 30.3 Å². The molecule has 1 aromatic carbocycles. The Morgan fingerprint density at radius 1 is 1.35 bits per heavy atom. The summed E-state index contributed by atoms with van der Waals surface area (Å²) in [4.78, 5) is 11.8. The highest BCUT2D eigenvalue weighted by atomic mass is 16.2. The van der Waals surface area contributed by atoms with Gasteiger partial charge < -0.3 is 0 Å². The number of aromatic nitrogens is 4. The van der Waals surface area contributed by atoms with Crippen molar-refractivity contribution in [3.63, 3.8) is 0 Å². The van der Waals surface area contributed by atoms with Crippen LogP contribution in [-0.2, 0) is 4.79 Å². The van der Waals surface area contributed by atoms with E-state index < -0.39 is 0 Å². The number of carbonyl (C=O) groups is 1. The topological polar surface area (TPSA) is 83.6 Å². The number of tetrazole rings is 1. The normalized spacial score (nSPS) is 22.1. The number of rotatable bonds is 3. The lowest BCUT2D eigenvalue weighted by molar-refractivity contribution is -0.117. The summed E-state index contributed by atoms with van der Waals surface area (Å²) in [5.74, 6) is 0.535. The Hall–Kier alpha value is -2.24. The molecule has 0 radical (unpaired) electrons. The molecule has 1 heterocycles. The lowest BCUT2D eigenvalue weighted by atomic mass is 10.1. The standard InChI is InChI=1S/C11H11N5O/c17-10(12-11-13-15-16-14-11)9-6-8(9)7-4-2-1-3-5-7/h1-5,8-9H,6H2,(H2,12,13,14,15,16,17)/t8-,9+/m1/s1. The van der Waals surface area contributed by atoms with Crippen LogP contribution in [0.5, 0.6) is 0 Å². The number of H-pyrrole nitrogens is 1. The first-order valence-corrected chi connectivity index (χ1v) is 5.44. The van der Waals surface area contributed by atoms with E-state index in [1.165, 1.54) is 5.56 Å². The summed E-state index contributed by atoms with van der Waals surface area (Å²) in [7, 11) is 0. The average molecular weight is 229 g/mol. The van der Waals surface area contributed by atoms with E-state index in [0.717, 1.165) is 6.42 Å². The van der Waals surface area contributed by atoms with E-state index in [4.69, 9.17) is 0 Å². The first-order valence-electron chi connectivity index (χ1n) is 5.44. The first kappa shape index (κ1) is 9.95. The largest absolute Gasteiger partial charge is 0.292 e. The van der Waals surface area contributed by atoms with Gasteiger partial charge in [0.1, 0.15) is 0 Å². The van der Waals surface area contributed by atoms with Crippen LogP contribution in [0.3, 0.4) is 0 Å². The lowest BCUT2D eigenvalue weighted by Gasteiger charge is -2.00. The molecule has 0 bridgehead atoms. The maximum Gasteiger partial charge on any atom is 0.269 e. The van der Waals surface area contributed by atoms with Gasteiger partial charge in [-0.15, -0.1) is 5.10 Å². The molecule has 0 saturated heterocycles. The second kappa shape index (κ2) is 3.97. The van der Waals surface area contributed by atoms with E-state index in [9.17, 15) is 4.79 Å². The van der Waals surface area contributed by atoms with Gasteiger partial charge in [0.25, 0.3) is 5.95 Å². The van der Waals surface area contributed by atoms with Crippen LogP contribution in [0.2, 0.25) is 0 Å². The van der Waals surface area contributed by atoms with Crippen LogP contribution in [-0.4, -0.2) is 26.5 Å². The number of hydrogen-bond acceptors (Lipinski definition) is 4. The van der Waals surface area contributed by atoms with Gasteiger partial charge in [-0.05, 0) is 23.1 Å². The minimum atomic E-state index is -0.0414. The van der Waals surface area contributed by atoms with Crippen LogP contribution in [0.25, 0.3) is 0 Å². The molecule has 1 fully saturated rings. The molecule has 0 unspecified atom stereocenters. The van der Waals surface area contributed by atoms with Crippen molar-refractivity contribution in [1.29, 1.82) is 0 Å². The Balaban J connectivity index is 1.63. The molecule has 3 rings (SSSR count). The van der Waals surface area contributed by atoms with Gasteiger partial charge in [-0.1, -0.05) is 35.4 Å². The first-order chi connectivity index (χ1) is 8.34. The Labute approximate surface area is 97.4 Å².